The molecule has 5 N–H and O–H groups in total. The molecule has 1 amide bonds. The number of aromatic nitrogens is 4. The minimum atomic E-state index is -1.35. The van der Waals surface area contributed by atoms with Gasteiger partial charge in [0, 0.05) is 18.0 Å². The van der Waals surface area contributed by atoms with Gasteiger partial charge in [0.2, 0.25) is 17.8 Å². The summed E-state index contributed by atoms with van der Waals surface area (Å²) in [5.74, 6) is -3.43. The van der Waals surface area contributed by atoms with Gasteiger partial charge < -0.3 is 21.5 Å². The lowest BCUT2D eigenvalue weighted by Crippen LogP contribution is -2.35. The van der Waals surface area contributed by atoms with E-state index in [2.05, 4.69) is 25.6 Å². The number of imidazole rings is 1. The number of hydrogen-bond acceptors (Lipinski definition) is 7. The second kappa shape index (κ2) is 10.2. The molecule has 1 unspecified atom stereocenters. The summed E-state index contributed by atoms with van der Waals surface area (Å²) in [6, 6.07) is 1.37. The zero-order chi connectivity index (χ0) is 26.3. The van der Waals surface area contributed by atoms with Crippen LogP contribution in [0.1, 0.15) is 57.9 Å². The molecule has 37 heavy (non-hydrogen) atoms. The van der Waals surface area contributed by atoms with E-state index in [9.17, 15) is 23.1 Å². The Morgan fingerprint density at radius 2 is 1.81 bits per heavy atom. The molecule has 0 aliphatic heterocycles. The van der Waals surface area contributed by atoms with E-state index in [1.54, 1.807) is 4.57 Å². The molecular formula is C25H30F3N7O2. The number of aliphatic hydroxyl groups excluding tert-OH is 1. The van der Waals surface area contributed by atoms with Crippen LogP contribution in [-0.2, 0) is 4.79 Å². The number of anilines is 3. The number of nitrogens with two attached hydrogens (primary N) is 1. The number of nitrogens with zero attached hydrogens (tertiary/aromatic N) is 4. The Labute approximate surface area is 211 Å². The third-order valence-electron chi connectivity index (χ3n) is 7.66. The van der Waals surface area contributed by atoms with Gasteiger partial charge in [-0.15, -0.1) is 0 Å². The number of aliphatic hydroxyl groups is 1. The van der Waals surface area contributed by atoms with Crippen molar-refractivity contribution in [2.24, 2.45) is 17.6 Å². The lowest BCUT2D eigenvalue weighted by atomic mass is 9.85. The first kappa shape index (κ1) is 25.2. The molecule has 198 valence electrons. The van der Waals surface area contributed by atoms with Gasteiger partial charge in [0.1, 0.15) is 17.0 Å². The van der Waals surface area contributed by atoms with Gasteiger partial charge in [-0.25, -0.2) is 23.1 Å². The highest BCUT2D eigenvalue weighted by Crippen LogP contribution is 2.38. The van der Waals surface area contributed by atoms with Crippen molar-refractivity contribution >= 4 is 34.7 Å². The topological polar surface area (TPSA) is 131 Å². The van der Waals surface area contributed by atoms with Crippen LogP contribution < -0.4 is 16.4 Å². The van der Waals surface area contributed by atoms with Crippen LogP contribution in [0.4, 0.5) is 30.8 Å². The molecule has 2 aliphatic rings. The molecule has 12 heteroatoms. The summed E-state index contributed by atoms with van der Waals surface area (Å²) in [5, 5.41) is 16.2. The van der Waals surface area contributed by atoms with E-state index in [-0.39, 0.29) is 35.8 Å². The summed E-state index contributed by atoms with van der Waals surface area (Å²) in [6.07, 6.45) is 5.66. The fourth-order valence-electron chi connectivity index (χ4n) is 5.38. The molecule has 0 spiro atoms. The van der Waals surface area contributed by atoms with Crippen molar-refractivity contribution in [2.75, 3.05) is 10.6 Å². The Hall–Kier alpha value is -3.41. The summed E-state index contributed by atoms with van der Waals surface area (Å²) in [4.78, 5) is 25.2. The summed E-state index contributed by atoms with van der Waals surface area (Å²) in [5.41, 5.74) is 5.66. The van der Waals surface area contributed by atoms with E-state index in [0.717, 1.165) is 25.0 Å². The smallest absolute Gasteiger partial charge is 0.224 e. The molecule has 2 saturated carbocycles. The van der Waals surface area contributed by atoms with Crippen LogP contribution in [0.15, 0.2) is 18.3 Å². The van der Waals surface area contributed by atoms with Gasteiger partial charge in [0.15, 0.2) is 17.3 Å². The van der Waals surface area contributed by atoms with Crippen molar-refractivity contribution in [3.05, 3.63) is 35.8 Å². The van der Waals surface area contributed by atoms with Gasteiger partial charge >= 0.3 is 0 Å². The van der Waals surface area contributed by atoms with Crippen molar-refractivity contribution in [3.8, 4) is 0 Å². The first-order chi connectivity index (χ1) is 17.7. The molecule has 2 aromatic heterocycles. The summed E-state index contributed by atoms with van der Waals surface area (Å²) < 4.78 is 44.5. The number of primary amides is 1. The average molecular weight is 518 g/mol. The normalized spacial score (nSPS) is 26.2. The van der Waals surface area contributed by atoms with Crippen molar-refractivity contribution in [1.82, 2.24) is 19.5 Å². The molecule has 3 aromatic rings. The molecule has 2 heterocycles. The van der Waals surface area contributed by atoms with Crippen LogP contribution in [0, 0.1) is 29.3 Å². The quantitative estimate of drug-likeness (QED) is 0.361. The van der Waals surface area contributed by atoms with Gasteiger partial charge in [-0.05, 0) is 63.0 Å². The number of fused-ring (bicyclic) bond motifs is 1. The molecular weight excluding hydrogens is 487 g/mol. The number of benzene rings is 1. The zero-order valence-electron chi connectivity index (χ0n) is 20.4. The fourth-order valence-corrected chi connectivity index (χ4v) is 5.38. The number of carbonyl (C=O) groups is 1. The van der Waals surface area contributed by atoms with E-state index in [0.29, 0.717) is 49.2 Å². The predicted molar refractivity (Wildman–Crippen MR) is 132 cm³/mol. The van der Waals surface area contributed by atoms with Crippen LogP contribution in [0.3, 0.4) is 0 Å². The first-order valence-corrected chi connectivity index (χ1v) is 12.6. The third kappa shape index (κ3) is 5.07. The largest absolute Gasteiger partial charge is 0.393 e. The molecule has 5 rings (SSSR count). The lowest BCUT2D eigenvalue weighted by Gasteiger charge is -2.31. The van der Waals surface area contributed by atoms with Gasteiger partial charge in [0.25, 0.3) is 0 Å². The monoisotopic (exact) mass is 517 g/mol. The van der Waals surface area contributed by atoms with E-state index < -0.39 is 29.2 Å². The van der Waals surface area contributed by atoms with Crippen LogP contribution in [0.25, 0.3) is 11.2 Å². The maximum Gasteiger partial charge on any atom is 0.224 e. The first-order valence-electron chi connectivity index (χ1n) is 12.6. The highest BCUT2D eigenvalue weighted by atomic mass is 19.2. The second-order valence-electron chi connectivity index (χ2n) is 10.2. The Morgan fingerprint density at radius 1 is 1.08 bits per heavy atom. The number of halogens is 3. The van der Waals surface area contributed by atoms with Crippen molar-refractivity contribution in [1.29, 1.82) is 0 Å². The second-order valence-corrected chi connectivity index (χ2v) is 10.2. The number of hydrogen-bond donors (Lipinski definition) is 4. The van der Waals surface area contributed by atoms with Gasteiger partial charge in [-0.3, -0.25) is 9.36 Å². The van der Waals surface area contributed by atoms with Gasteiger partial charge in [-0.2, -0.15) is 4.98 Å². The van der Waals surface area contributed by atoms with Gasteiger partial charge in [0.05, 0.1) is 12.3 Å². The fraction of sp³-hybridized carbons (Fsp3) is 0.520. The Kier molecular flexibility index (Phi) is 6.93. The SMILES string of the molecule is C[C@@H]1CC[C@@H](Nc2ncc3nc(Nc4c(F)ccc(F)c4F)n([C@H]4CC[C@@H](C(N)=O)CC4)c3n2)CC1O. The number of nitrogens with one attached hydrogen (secondary N) is 2. The number of rotatable bonds is 6. The Morgan fingerprint density at radius 3 is 2.51 bits per heavy atom. The van der Waals surface area contributed by atoms with Crippen molar-refractivity contribution in [2.45, 2.75) is 70.1 Å². The molecule has 2 fully saturated rings. The van der Waals surface area contributed by atoms with E-state index in [1.165, 1.54) is 6.20 Å². The minimum absolute atomic E-state index is 0.000826. The van der Waals surface area contributed by atoms with E-state index in [4.69, 9.17) is 5.73 Å². The van der Waals surface area contributed by atoms with Gasteiger partial charge in [-0.1, -0.05) is 6.92 Å². The lowest BCUT2D eigenvalue weighted by molar-refractivity contribution is -0.122. The van der Waals surface area contributed by atoms with Crippen molar-refractivity contribution in [3.63, 3.8) is 0 Å². The number of amides is 1. The van der Waals surface area contributed by atoms with Crippen molar-refractivity contribution < 1.29 is 23.1 Å². The third-order valence-corrected chi connectivity index (χ3v) is 7.66. The molecule has 0 radical (unpaired) electrons. The maximum atomic E-state index is 14.5. The molecule has 1 aromatic carbocycles. The van der Waals surface area contributed by atoms with Crippen LogP contribution in [0.5, 0.6) is 0 Å². The number of carbonyl (C=O) groups excluding carboxylic acids is 1. The maximum absolute atomic E-state index is 14.5. The summed E-state index contributed by atoms with van der Waals surface area (Å²) in [6.45, 7) is 2.02. The van der Waals surface area contributed by atoms with E-state index >= 15 is 0 Å². The highest BCUT2D eigenvalue weighted by Gasteiger charge is 2.31. The molecule has 3 atom stereocenters. The summed E-state index contributed by atoms with van der Waals surface area (Å²) in [7, 11) is 0. The van der Waals surface area contributed by atoms with Crippen LogP contribution in [-0.4, -0.2) is 42.7 Å². The van der Waals surface area contributed by atoms with E-state index in [1.807, 2.05) is 6.92 Å². The zero-order valence-corrected chi connectivity index (χ0v) is 20.4. The molecule has 0 saturated heterocycles. The van der Waals surface area contributed by atoms with Crippen LogP contribution in [0.2, 0.25) is 0 Å². The van der Waals surface area contributed by atoms with Crippen LogP contribution >= 0.6 is 0 Å². The Bertz CT molecular complexity index is 1310. The summed E-state index contributed by atoms with van der Waals surface area (Å²) >= 11 is 0. The Balaban J connectivity index is 1.51. The standard InChI is InChI=1S/C25H30F3N7O2/c1-12-2-5-14(10-19(12)36)31-24-30-11-18-23(34-24)35(15-6-3-13(4-7-15)22(29)37)25(32-18)33-21-17(27)9-8-16(26)20(21)28/h8-9,11-15,19,36H,2-7,10H2,1H3,(H2,29,37)(H,32,33)(H,30,31,34)/t12-,13-,14-,15+,19?/m1/s1. The minimum Gasteiger partial charge on any atom is -0.393 e. The molecule has 0 bridgehead atoms. The molecule has 9 nitrogen and oxygen atoms in total. The molecule has 2 aliphatic carbocycles. The average Bonchev–Trinajstić information content (AvgIpc) is 3.23. The highest BCUT2D eigenvalue weighted by molar-refractivity contribution is 5.78. The predicted octanol–water partition coefficient (Wildman–Crippen LogP) is 4.17.